The van der Waals surface area contributed by atoms with Crippen molar-refractivity contribution >= 4 is 28.2 Å². The summed E-state index contributed by atoms with van der Waals surface area (Å²) < 4.78 is 5.32. The smallest absolute Gasteiger partial charge is 0.249 e. The first-order valence-electron chi connectivity index (χ1n) is 8.44. The van der Waals surface area contributed by atoms with Gasteiger partial charge in [0.2, 0.25) is 5.91 Å². The molecule has 3 aromatic rings. The molecule has 1 aliphatic rings. The van der Waals surface area contributed by atoms with Gasteiger partial charge in [0.25, 0.3) is 0 Å². The fourth-order valence-corrected chi connectivity index (χ4v) is 3.33. The summed E-state index contributed by atoms with van der Waals surface area (Å²) in [5.74, 6) is -1.87. The van der Waals surface area contributed by atoms with Gasteiger partial charge in [-0.25, -0.2) is 0 Å². The van der Waals surface area contributed by atoms with Crippen molar-refractivity contribution in [1.29, 1.82) is 5.26 Å². The molecule has 0 unspecified atom stereocenters. The Morgan fingerprint density at radius 2 is 1.92 bits per heavy atom. The van der Waals surface area contributed by atoms with E-state index in [4.69, 9.17) is 4.42 Å². The Balaban J connectivity index is 1.51. The van der Waals surface area contributed by atoms with E-state index in [1.807, 2.05) is 48.5 Å². The van der Waals surface area contributed by atoms with Crippen LogP contribution in [0.15, 0.2) is 65.3 Å². The average molecular weight is 344 g/mol. The van der Waals surface area contributed by atoms with Gasteiger partial charge in [0.15, 0.2) is 11.7 Å². The second-order valence-electron chi connectivity index (χ2n) is 6.44. The van der Waals surface area contributed by atoms with Crippen LogP contribution in [0.3, 0.4) is 0 Å². The van der Waals surface area contributed by atoms with E-state index in [1.165, 1.54) is 0 Å². The number of rotatable bonds is 5. The molecule has 1 N–H and O–H groups in total. The van der Waals surface area contributed by atoms with Crippen LogP contribution in [0, 0.1) is 23.2 Å². The van der Waals surface area contributed by atoms with Gasteiger partial charge in [-0.15, -0.1) is 0 Å². The van der Waals surface area contributed by atoms with Gasteiger partial charge in [0.05, 0.1) is 12.3 Å². The number of carbonyl (C=O) groups excluding carboxylic acids is 2. The fraction of sp³-hybridized carbons (Fsp3) is 0.190. The molecule has 1 aromatic heterocycles. The maximum Gasteiger partial charge on any atom is 0.249 e. The van der Waals surface area contributed by atoms with E-state index in [0.717, 1.165) is 16.5 Å². The molecule has 0 saturated heterocycles. The standard InChI is InChI=1S/C21H16N2O3/c22-12-17(20(24)16-11-15(16)19-9-4-10-26-19)21(25)23-18-8-3-6-13-5-1-2-7-14(13)18/h1-10,15-17H,11H2,(H,23,25)/t15-,16+,17-/m0/s1. The number of carbonyl (C=O) groups is 2. The zero-order valence-corrected chi connectivity index (χ0v) is 13.9. The van der Waals surface area contributed by atoms with Crippen molar-refractivity contribution in [1.82, 2.24) is 0 Å². The van der Waals surface area contributed by atoms with E-state index in [2.05, 4.69) is 5.32 Å². The first-order valence-corrected chi connectivity index (χ1v) is 8.44. The molecule has 4 rings (SSSR count). The number of hydrogen-bond acceptors (Lipinski definition) is 4. The molecule has 1 amide bonds. The van der Waals surface area contributed by atoms with Crippen LogP contribution in [0.1, 0.15) is 18.1 Å². The molecule has 1 saturated carbocycles. The summed E-state index contributed by atoms with van der Waals surface area (Å²) in [5.41, 5.74) is 0.597. The van der Waals surface area contributed by atoms with Crippen LogP contribution >= 0.6 is 0 Å². The molecule has 26 heavy (non-hydrogen) atoms. The monoisotopic (exact) mass is 344 g/mol. The number of nitrogens with one attached hydrogen (secondary N) is 1. The topological polar surface area (TPSA) is 83.1 Å². The van der Waals surface area contributed by atoms with Gasteiger partial charge in [-0.05, 0) is 30.0 Å². The molecule has 128 valence electrons. The van der Waals surface area contributed by atoms with Crippen molar-refractivity contribution in [3.8, 4) is 6.07 Å². The van der Waals surface area contributed by atoms with Crippen LogP contribution in [0.25, 0.3) is 10.8 Å². The maximum absolute atomic E-state index is 12.6. The predicted octanol–water partition coefficient (Wildman–Crippen LogP) is 3.88. The van der Waals surface area contributed by atoms with Crippen LogP contribution in [0.4, 0.5) is 5.69 Å². The molecule has 1 aliphatic carbocycles. The minimum absolute atomic E-state index is 0.0290. The highest BCUT2D eigenvalue weighted by atomic mass is 16.3. The van der Waals surface area contributed by atoms with Crippen LogP contribution in [0.5, 0.6) is 0 Å². The second-order valence-corrected chi connectivity index (χ2v) is 6.44. The number of fused-ring (bicyclic) bond motifs is 1. The SMILES string of the molecule is N#C[C@H](C(=O)Nc1cccc2ccccc12)C(=O)[C@@H]1C[C@@H]1c1ccco1. The highest BCUT2D eigenvalue weighted by Gasteiger charge is 2.49. The fourth-order valence-electron chi connectivity index (χ4n) is 3.33. The molecule has 3 atom stereocenters. The summed E-state index contributed by atoms with van der Waals surface area (Å²) in [6, 6.07) is 18.6. The molecule has 5 heteroatoms. The Hall–Kier alpha value is -3.39. The number of amides is 1. The number of hydrogen-bond donors (Lipinski definition) is 1. The molecular weight excluding hydrogens is 328 g/mol. The van der Waals surface area contributed by atoms with Crippen molar-refractivity contribution in [2.75, 3.05) is 5.32 Å². The van der Waals surface area contributed by atoms with Gasteiger partial charge in [-0.3, -0.25) is 9.59 Å². The Kier molecular flexibility index (Phi) is 4.02. The Bertz CT molecular complexity index is 1010. The summed E-state index contributed by atoms with van der Waals surface area (Å²) in [5, 5.41) is 14.0. The van der Waals surface area contributed by atoms with E-state index in [1.54, 1.807) is 18.4 Å². The number of ketones is 1. The molecule has 0 radical (unpaired) electrons. The largest absolute Gasteiger partial charge is 0.469 e. The molecule has 2 aromatic carbocycles. The lowest BCUT2D eigenvalue weighted by atomic mass is 9.99. The van der Waals surface area contributed by atoms with E-state index >= 15 is 0 Å². The number of Topliss-reactive ketones (excluding diaryl/α,β-unsaturated/α-hetero) is 1. The summed E-state index contributed by atoms with van der Waals surface area (Å²) in [7, 11) is 0. The second kappa shape index (κ2) is 6.49. The van der Waals surface area contributed by atoms with Crippen molar-refractivity contribution in [2.24, 2.45) is 11.8 Å². The molecule has 5 nitrogen and oxygen atoms in total. The van der Waals surface area contributed by atoms with Crippen molar-refractivity contribution in [2.45, 2.75) is 12.3 Å². The minimum atomic E-state index is -1.32. The van der Waals surface area contributed by atoms with Crippen LogP contribution in [-0.4, -0.2) is 11.7 Å². The third-order valence-corrected chi connectivity index (χ3v) is 4.79. The average Bonchev–Trinajstić information content (AvgIpc) is 3.27. The van der Waals surface area contributed by atoms with Crippen molar-refractivity contribution in [3.05, 3.63) is 66.6 Å². The molecular formula is C21H16N2O3. The Labute approximate surface area is 150 Å². The number of benzene rings is 2. The lowest BCUT2D eigenvalue weighted by Crippen LogP contribution is -2.30. The van der Waals surface area contributed by atoms with E-state index in [9.17, 15) is 14.9 Å². The first-order chi connectivity index (χ1) is 12.7. The van der Waals surface area contributed by atoms with Crippen LogP contribution in [0.2, 0.25) is 0 Å². The molecule has 0 aliphatic heterocycles. The molecule has 0 spiro atoms. The first kappa shape index (κ1) is 16.1. The van der Waals surface area contributed by atoms with Gasteiger partial charge in [0.1, 0.15) is 5.76 Å². The number of nitriles is 1. The van der Waals surface area contributed by atoms with Gasteiger partial charge >= 0.3 is 0 Å². The normalized spacial score (nSPS) is 19.5. The summed E-state index contributed by atoms with van der Waals surface area (Å²) >= 11 is 0. The highest BCUT2D eigenvalue weighted by Crippen LogP contribution is 2.49. The van der Waals surface area contributed by atoms with Gasteiger partial charge in [-0.2, -0.15) is 5.26 Å². The van der Waals surface area contributed by atoms with Gasteiger partial charge < -0.3 is 9.73 Å². The zero-order valence-electron chi connectivity index (χ0n) is 13.9. The predicted molar refractivity (Wildman–Crippen MR) is 96.2 cm³/mol. The number of nitrogens with zero attached hydrogens (tertiary/aromatic N) is 1. The molecule has 1 heterocycles. The van der Waals surface area contributed by atoms with E-state index in [-0.39, 0.29) is 17.6 Å². The Morgan fingerprint density at radius 1 is 1.12 bits per heavy atom. The number of furan rings is 1. The molecule has 0 bridgehead atoms. The highest BCUT2D eigenvalue weighted by molar-refractivity contribution is 6.13. The lowest BCUT2D eigenvalue weighted by molar-refractivity contribution is -0.129. The van der Waals surface area contributed by atoms with Crippen LogP contribution in [-0.2, 0) is 9.59 Å². The minimum Gasteiger partial charge on any atom is -0.469 e. The maximum atomic E-state index is 12.6. The van der Waals surface area contributed by atoms with Gasteiger partial charge in [-0.1, -0.05) is 36.4 Å². The summed E-state index contributed by atoms with van der Waals surface area (Å²) in [6.45, 7) is 0. The zero-order chi connectivity index (χ0) is 18.1. The Morgan fingerprint density at radius 3 is 2.69 bits per heavy atom. The van der Waals surface area contributed by atoms with E-state index in [0.29, 0.717) is 12.1 Å². The number of anilines is 1. The molecule has 1 fully saturated rings. The summed E-state index contributed by atoms with van der Waals surface area (Å²) in [4.78, 5) is 25.2. The van der Waals surface area contributed by atoms with Crippen LogP contribution < -0.4 is 5.32 Å². The quantitative estimate of drug-likeness (QED) is 0.712. The van der Waals surface area contributed by atoms with Crippen molar-refractivity contribution in [3.63, 3.8) is 0 Å². The van der Waals surface area contributed by atoms with Gasteiger partial charge in [0, 0.05) is 22.9 Å². The third kappa shape index (κ3) is 2.86. The van der Waals surface area contributed by atoms with E-state index < -0.39 is 11.8 Å². The van der Waals surface area contributed by atoms with Crippen molar-refractivity contribution < 1.29 is 14.0 Å². The third-order valence-electron chi connectivity index (χ3n) is 4.79. The lowest BCUT2D eigenvalue weighted by Gasteiger charge is -2.11. The summed E-state index contributed by atoms with van der Waals surface area (Å²) in [6.07, 6.45) is 2.18.